The third kappa shape index (κ3) is 2.20. The number of pyridine rings is 1. The summed E-state index contributed by atoms with van der Waals surface area (Å²) in [5.41, 5.74) is 0.426. The Labute approximate surface area is 93.5 Å². The van der Waals surface area contributed by atoms with Crippen LogP contribution in [0.15, 0.2) is 12.1 Å². The number of hydrogen-bond donors (Lipinski definition) is 1. The van der Waals surface area contributed by atoms with E-state index in [0.29, 0.717) is 5.56 Å². The van der Waals surface area contributed by atoms with Crippen molar-refractivity contribution < 1.29 is 0 Å². The summed E-state index contributed by atoms with van der Waals surface area (Å²) in [4.78, 5) is 6.37. The molecular formula is C10H11ClN4. The molecule has 0 spiro atoms. The molecule has 0 aliphatic carbocycles. The van der Waals surface area contributed by atoms with Crippen LogP contribution in [0, 0.1) is 11.3 Å². The van der Waals surface area contributed by atoms with Gasteiger partial charge in [-0.1, -0.05) is 11.6 Å². The van der Waals surface area contributed by atoms with Gasteiger partial charge in [-0.3, -0.25) is 0 Å². The summed E-state index contributed by atoms with van der Waals surface area (Å²) < 4.78 is 0. The van der Waals surface area contributed by atoms with Crippen molar-refractivity contribution >= 4 is 17.4 Å². The lowest BCUT2D eigenvalue weighted by Gasteiger charge is -2.28. The van der Waals surface area contributed by atoms with E-state index in [2.05, 4.69) is 15.2 Å². The molecule has 5 heteroatoms. The van der Waals surface area contributed by atoms with Gasteiger partial charge in [-0.05, 0) is 12.1 Å². The highest BCUT2D eigenvalue weighted by Crippen LogP contribution is 2.18. The van der Waals surface area contributed by atoms with E-state index in [9.17, 15) is 0 Å². The third-order valence-corrected chi connectivity index (χ3v) is 2.68. The topological polar surface area (TPSA) is 52.0 Å². The van der Waals surface area contributed by atoms with Gasteiger partial charge in [-0.25, -0.2) is 4.98 Å². The lowest BCUT2D eigenvalue weighted by atomic mass is 10.3. The summed E-state index contributed by atoms with van der Waals surface area (Å²) in [5, 5.41) is 12.3. The molecule has 78 valence electrons. The minimum atomic E-state index is 0.286. The largest absolute Gasteiger partial charge is 0.354 e. The maximum Gasteiger partial charge on any atom is 0.149 e. The lowest BCUT2D eigenvalue weighted by Crippen LogP contribution is -2.43. The number of halogens is 1. The first-order valence-corrected chi connectivity index (χ1v) is 5.21. The Hall–Kier alpha value is -1.31. The number of hydrogen-bond acceptors (Lipinski definition) is 4. The summed E-state index contributed by atoms with van der Waals surface area (Å²) in [5.74, 6) is 0.848. The van der Waals surface area contributed by atoms with Crippen LogP contribution in [0.25, 0.3) is 0 Å². The molecule has 0 saturated carbocycles. The molecule has 2 rings (SSSR count). The van der Waals surface area contributed by atoms with E-state index < -0.39 is 0 Å². The van der Waals surface area contributed by atoms with Gasteiger partial charge in [0, 0.05) is 26.2 Å². The van der Waals surface area contributed by atoms with Crippen molar-refractivity contribution in [1.82, 2.24) is 10.3 Å². The van der Waals surface area contributed by atoms with Gasteiger partial charge in [0.25, 0.3) is 0 Å². The Morgan fingerprint density at radius 2 is 2.13 bits per heavy atom. The van der Waals surface area contributed by atoms with E-state index in [0.717, 1.165) is 32.0 Å². The van der Waals surface area contributed by atoms with Crippen molar-refractivity contribution in [3.05, 3.63) is 22.8 Å². The fourth-order valence-electron chi connectivity index (χ4n) is 1.58. The molecule has 1 aromatic rings. The fourth-order valence-corrected chi connectivity index (χ4v) is 1.77. The molecule has 15 heavy (non-hydrogen) atoms. The van der Waals surface area contributed by atoms with E-state index in [1.807, 2.05) is 12.1 Å². The average molecular weight is 223 g/mol. The van der Waals surface area contributed by atoms with Gasteiger partial charge < -0.3 is 10.2 Å². The molecule has 0 atom stereocenters. The van der Waals surface area contributed by atoms with Crippen molar-refractivity contribution in [1.29, 1.82) is 5.26 Å². The van der Waals surface area contributed by atoms with Gasteiger partial charge in [-0.2, -0.15) is 5.26 Å². The van der Waals surface area contributed by atoms with Gasteiger partial charge in [0.2, 0.25) is 0 Å². The molecule has 1 saturated heterocycles. The normalized spacial score (nSPS) is 16.1. The first-order chi connectivity index (χ1) is 7.31. The summed E-state index contributed by atoms with van der Waals surface area (Å²) in [6.45, 7) is 3.77. The Bertz CT molecular complexity index is 393. The van der Waals surface area contributed by atoms with E-state index >= 15 is 0 Å². The predicted octanol–water partition coefficient (Wildman–Crippen LogP) is 1.02. The third-order valence-electron chi connectivity index (χ3n) is 2.40. The Morgan fingerprint density at radius 1 is 1.40 bits per heavy atom. The molecule has 1 aliphatic heterocycles. The highest BCUT2D eigenvalue weighted by Gasteiger charge is 2.12. The van der Waals surface area contributed by atoms with Crippen LogP contribution in [0.3, 0.4) is 0 Å². The summed E-state index contributed by atoms with van der Waals surface area (Å²) in [7, 11) is 0. The van der Waals surface area contributed by atoms with Crippen molar-refractivity contribution in [3.8, 4) is 6.07 Å². The second kappa shape index (κ2) is 4.47. The molecule has 1 aliphatic rings. The average Bonchev–Trinajstić information content (AvgIpc) is 2.30. The molecule has 0 radical (unpaired) electrons. The molecule has 0 aromatic carbocycles. The van der Waals surface area contributed by atoms with E-state index in [-0.39, 0.29) is 5.15 Å². The monoisotopic (exact) mass is 222 g/mol. The van der Waals surface area contributed by atoms with Crippen molar-refractivity contribution in [2.45, 2.75) is 0 Å². The van der Waals surface area contributed by atoms with Gasteiger partial charge in [0.05, 0.1) is 5.56 Å². The molecular weight excluding hydrogens is 212 g/mol. The van der Waals surface area contributed by atoms with Gasteiger partial charge in [0.15, 0.2) is 0 Å². The van der Waals surface area contributed by atoms with Gasteiger partial charge in [-0.15, -0.1) is 0 Å². The SMILES string of the molecule is N#Cc1ccc(N2CCNCC2)nc1Cl. The number of nitriles is 1. The molecule has 0 bridgehead atoms. The van der Waals surface area contributed by atoms with E-state index in [1.54, 1.807) is 6.07 Å². The predicted molar refractivity (Wildman–Crippen MR) is 59.0 cm³/mol. The molecule has 1 N–H and O–H groups in total. The van der Waals surface area contributed by atoms with Crippen LogP contribution in [0.5, 0.6) is 0 Å². The van der Waals surface area contributed by atoms with Crippen molar-refractivity contribution in [2.75, 3.05) is 31.1 Å². The highest BCUT2D eigenvalue weighted by atomic mass is 35.5. The van der Waals surface area contributed by atoms with E-state index in [1.165, 1.54) is 0 Å². The number of nitrogens with one attached hydrogen (secondary N) is 1. The van der Waals surface area contributed by atoms with Crippen LogP contribution in [-0.4, -0.2) is 31.2 Å². The molecule has 2 heterocycles. The quantitative estimate of drug-likeness (QED) is 0.721. The zero-order valence-electron chi connectivity index (χ0n) is 8.20. The Morgan fingerprint density at radius 3 is 2.73 bits per heavy atom. The standard InChI is InChI=1S/C10H11ClN4/c11-10-8(7-12)1-2-9(14-10)15-5-3-13-4-6-15/h1-2,13H,3-6H2. The van der Waals surface area contributed by atoms with Crippen LogP contribution >= 0.6 is 11.6 Å². The van der Waals surface area contributed by atoms with Crippen LogP contribution in [0.4, 0.5) is 5.82 Å². The minimum absolute atomic E-state index is 0.286. The van der Waals surface area contributed by atoms with Gasteiger partial charge >= 0.3 is 0 Å². The summed E-state index contributed by atoms with van der Waals surface area (Å²) in [6, 6.07) is 5.56. The number of piperazine rings is 1. The highest BCUT2D eigenvalue weighted by molar-refractivity contribution is 6.30. The summed E-state index contributed by atoms with van der Waals surface area (Å²) in [6.07, 6.45) is 0. The smallest absolute Gasteiger partial charge is 0.149 e. The first kappa shape index (κ1) is 10.2. The molecule has 4 nitrogen and oxygen atoms in total. The molecule has 1 fully saturated rings. The second-order valence-corrected chi connectivity index (χ2v) is 3.71. The second-order valence-electron chi connectivity index (χ2n) is 3.36. The van der Waals surface area contributed by atoms with Crippen LogP contribution < -0.4 is 10.2 Å². The molecule has 0 amide bonds. The molecule has 1 aromatic heterocycles. The van der Waals surface area contributed by atoms with Gasteiger partial charge in [0.1, 0.15) is 17.0 Å². The number of anilines is 1. The minimum Gasteiger partial charge on any atom is -0.354 e. The zero-order valence-corrected chi connectivity index (χ0v) is 8.96. The number of rotatable bonds is 1. The Kier molecular flexibility index (Phi) is 3.05. The number of nitrogens with zero attached hydrogens (tertiary/aromatic N) is 3. The summed E-state index contributed by atoms with van der Waals surface area (Å²) >= 11 is 5.87. The maximum atomic E-state index is 8.72. The molecule has 0 unspecified atom stereocenters. The van der Waals surface area contributed by atoms with E-state index in [4.69, 9.17) is 16.9 Å². The van der Waals surface area contributed by atoms with Crippen molar-refractivity contribution in [3.63, 3.8) is 0 Å². The van der Waals surface area contributed by atoms with Crippen molar-refractivity contribution in [2.24, 2.45) is 0 Å². The fraction of sp³-hybridized carbons (Fsp3) is 0.400. The lowest BCUT2D eigenvalue weighted by molar-refractivity contribution is 0.585. The maximum absolute atomic E-state index is 8.72. The van der Waals surface area contributed by atoms with Crippen LogP contribution in [0.2, 0.25) is 5.15 Å². The van der Waals surface area contributed by atoms with Crippen LogP contribution in [0.1, 0.15) is 5.56 Å². The van der Waals surface area contributed by atoms with Crippen LogP contribution in [-0.2, 0) is 0 Å². The zero-order chi connectivity index (χ0) is 10.7. The Balaban J connectivity index is 2.22. The number of aromatic nitrogens is 1. The first-order valence-electron chi connectivity index (χ1n) is 4.83.